The van der Waals surface area contributed by atoms with Gasteiger partial charge in [0, 0.05) is 90.2 Å². The number of carbonyl (C=O) groups excluding carboxylic acids is 7. The van der Waals surface area contributed by atoms with Crippen molar-refractivity contribution in [1.82, 2.24) is 50.8 Å². The summed E-state index contributed by atoms with van der Waals surface area (Å²) in [5, 5.41) is 29.9. The Morgan fingerprint density at radius 3 is 2.24 bits per heavy atom. The van der Waals surface area contributed by atoms with Crippen LogP contribution in [-0.4, -0.2) is 145 Å². The summed E-state index contributed by atoms with van der Waals surface area (Å²) < 4.78 is 9.83. The van der Waals surface area contributed by atoms with Crippen molar-refractivity contribution in [3.63, 3.8) is 0 Å². The van der Waals surface area contributed by atoms with E-state index in [1.165, 1.54) is 75.5 Å². The highest BCUT2D eigenvalue weighted by molar-refractivity contribution is 7.22. The maximum Gasteiger partial charge on any atom is 0.312 e. The van der Waals surface area contributed by atoms with Gasteiger partial charge in [-0.2, -0.15) is 5.10 Å². The van der Waals surface area contributed by atoms with Gasteiger partial charge in [0.2, 0.25) is 17.7 Å². The number of imide groups is 1. The summed E-state index contributed by atoms with van der Waals surface area (Å²) in [7, 11) is 0. The molecule has 514 valence electrons. The molecule has 9 N–H and O–H groups in total. The number of hydrogen-bond donors (Lipinski definition) is 7. The molecule has 2 unspecified atom stereocenters. The van der Waals surface area contributed by atoms with Crippen LogP contribution in [0.2, 0.25) is 0 Å². The number of para-hydroxylation sites is 1. The number of carbonyl (C=O) groups is 7. The summed E-state index contributed by atoms with van der Waals surface area (Å²) in [4.78, 5) is 102. The molecule has 25 heteroatoms. The van der Waals surface area contributed by atoms with Crippen LogP contribution < -0.4 is 43.0 Å². The molecule has 0 spiro atoms. The highest BCUT2D eigenvalue weighted by Gasteiger charge is 2.65. The summed E-state index contributed by atoms with van der Waals surface area (Å²) in [5.74, 6) is -1.22. The number of anilines is 5. The van der Waals surface area contributed by atoms with Gasteiger partial charge in [0.25, 0.3) is 17.7 Å². The van der Waals surface area contributed by atoms with Gasteiger partial charge in [0.1, 0.15) is 30.1 Å². The molecule has 7 aliphatic rings. The van der Waals surface area contributed by atoms with Crippen LogP contribution in [0.25, 0.3) is 21.3 Å². The second-order valence-corrected chi connectivity index (χ2v) is 30.8. The number of primary amides is 2. The molecule has 4 aromatic heterocycles. The number of thiazole rings is 1. The molecule has 6 aromatic rings. The van der Waals surface area contributed by atoms with Crippen molar-refractivity contribution in [2.75, 3.05) is 68.0 Å². The van der Waals surface area contributed by atoms with E-state index >= 15 is 0 Å². The van der Waals surface area contributed by atoms with E-state index in [1.54, 1.807) is 25.2 Å². The number of hydrogen-bond acceptors (Lipinski definition) is 16. The lowest BCUT2D eigenvalue weighted by Crippen LogP contribution is -2.60. The lowest BCUT2D eigenvalue weighted by molar-refractivity contribution is -0.930. The van der Waals surface area contributed by atoms with E-state index in [4.69, 9.17) is 36.4 Å². The maximum absolute atomic E-state index is 14.1. The average molecular weight is 1340 g/mol. The molecule has 7 heterocycles. The van der Waals surface area contributed by atoms with Crippen LogP contribution in [0.3, 0.4) is 0 Å². The predicted molar refractivity (Wildman–Crippen MR) is 371 cm³/mol. The van der Waals surface area contributed by atoms with E-state index in [0.29, 0.717) is 35.9 Å². The normalized spacial score (nSPS) is 22.8. The molecule has 5 fully saturated rings. The minimum absolute atomic E-state index is 0.000883. The number of benzene rings is 2. The molecule has 24 nitrogen and oxygen atoms in total. The number of amides is 8. The Hall–Kier alpha value is -8.68. The first-order valence-corrected chi connectivity index (χ1v) is 35.3. The Labute approximate surface area is 570 Å². The summed E-state index contributed by atoms with van der Waals surface area (Å²) >= 11 is 1.58. The van der Waals surface area contributed by atoms with E-state index < -0.39 is 53.6 Å². The number of aromatic nitrogens is 6. The summed E-state index contributed by atoms with van der Waals surface area (Å²) in [6.45, 7) is 18.9. The van der Waals surface area contributed by atoms with Crippen molar-refractivity contribution in [2.24, 2.45) is 39.0 Å². The molecule has 13 rings (SSSR count). The third kappa shape index (κ3) is 15.2. The smallest absolute Gasteiger partial charge is 0.312 e. The first-order chi connectivity index (χ1) is 46.4. The fourth-order valence-corrected chi connectivity index (χ4v) is 19.1. The predicted octanol–water partition coefficient (Wildman–Crippen LogP) is 9.19. The number of nitrogens with two attached hydrogens (primary N) is 2. The van der Waals surface area contributed by atoms with Gasteiger partial charge in [-0.15, -0.1) is 10.2 Å². The second-order valence-electron chi connectivity index (χ2n) is 29.7. The topological polar surface area (TPSA) is 317 Å². The number of nitrogens with one attached hydrogen (secondary N) is 5. The Balaban J connectivity index is 0.670. The lowest BCUT2D eigenvalue weighted by atomic mass is 9.35. The molecular formula is C72H93N16O8S+. The zero-order chi connectivity index (χ0) is 68.4. The van der Waals surface area contributed by atoms with Gasteiger partial charge in [-0.05, 0) is 155 Å². The SMILES string of the molecule is Cc1c(Nc2nc3ccccc3s2)nnc2c1CCCN2c1ccc(-c2cnn(CC34CC5(CCC[N+]6(Cc7ccc(NC(=O)[C@H](CCCNC(N)=O)NC(=O)[C@@H](NC(=O)CCOCCN8C(=O)C=CC8=O)C(C)C)cc7)CCCC6)C[C@@](C)(C3)C[C@](C)(C5)C4)c2C)c(C(N)=O)n1. The van der Waals surface area contributed by atoms with Crippen LogP contribution in [-0.2, 0) is 48.2 Å². The Kier molecular flexibility index (Phi) is 19.7. The zero-order valence-electron chi connectivity index (χ0n) is 56.8. The Morgan fingerprint density at radius 2 is 1.53 bits per heavy atom. The molecule has 2 aromatic carbocycles. The number of urea groups is 1. The molecular weight excluding hydrogens is 1250 g/mol. The largest absolute Gasteiger partial charge is 0.379 e. The third-order valence-electron chi connectivity index (χ3n) is 21.3. The average Bonchev–Trinajstić information content (AvgIpc) is 1.34. The first-order valence-electron chi connectivity index (χ1n) is 34.5. The van der Waals surface area contributed by atoms with E-state index in [0.717, 1.165) is 105 Å². The van der Waals surface area contributed by atoms with Gasteiger partial charge in [-0.1, -0.05) is 63.3 Å². The minimum Gasteiger partial charge on any atom is -0.379 e. The van der Waals surface area contributed by atoms with Crippen molar-refractivity contribution in [3.05, 3.63) is 107 Å². The maximum atomic E-state index is 14.1. The third-order valence-corrected chi connectivity index (χ3v) is 22.2. The molecule has 1 saturated heterocycles. The van der Waals surface area contributed by atoms with Crippen LogP contribution in [0.5, 0.6) is 0 Å². The van der Waals surface area contributed by atoms with Gasteiger partial charge in [0.05, 0.1) is 55.8 Å². The number of ether oxygens (including phenoxy) is 1. The fourth-order valence-electron chi connectivity index (χ4n) is 18.2. The van der Waals surface area contributed by atoms with Crippen molar-refractivity contribution in [1.29, 1.82) is 0 Å². The second kappa shape index (κ2) is 28.0. The monoisotopic (exact) mass is 1340 g/mol. The Morgan fingerprint density at radius 1 is 0.794 bits per heavy atom. The molecule has 8 amide bonds. The van der Waals surface area contributed by atoms with Crippen molar-refractivity contribution < 1.29 is 42.8 Å². The van der Waals surface area contributed by atoms with Crippen molar-refractivity contribution >= 4 is 91.3 Å². The number of nitrogens with zero attached hydrogens (tertiary/aromatic N) is 9. The highest BCUT2D eigenvalue weighted by atomic mass is 32.1. The zero-order valence-corrected chi connectivity index (χ0v) is 57.6. The standard InChI is InChI=1S/C72H92N16O8S/c1-45(2)60(81-57(89)26-34-96-35-30-86-58(90)24-25-59(86)91)66(94)78-54(16-11-28-75-67(74)95)65(93)77-49-20-18-48(19-21-49)37-88(31-9-10-32-88)33-13-27-71-39-69(5)38-70(6,40-71)42-72(41-69,43-71)44-87-47(4)52(36-76-87)51-22-23-56(80-61(51)62(73)92)85-29-12-14-50-46(3)63(83-84-64(50)85)82-68-79-53-15-7-8-17-55(53)97-68/h7-8,15,17-25,36,45,54,60H,9-14,16,26-35,37-44H2,1-6H3,(H8-,73,74,75,77,78,79,81,82,83,89,92,93,94,95)/p+1/t54-,60-,69-,70+,71?,72?/m0/s1. The Bertz CT molecular complexity index is 3960. The molecule has 4 bridgehead atoms. The summed E-state index contributed by atoms with van der Waals surface area (Å²) in [6.07, 6.45) is 18.4. The summed E-state index contributed by atoms with van der Waals surface area (Å²) in [5.41, 5.74) is 19.8. The number of rotatable bonds is 29. The van der Waals surface area contributed by atoms with Gasteiger partial charge >= 0.3 is 6.03 Å². The molecule has 3 aliphatic heterocycles. The van der Waals surface area contributed by atoms with E-state index in [-0.39, 0.29) is 72.4 Å². The van der Waals surface area contributed by atoms with Crippen LogP contribution >= 0.6 is 11.3 Å². The molecule has 4 aliphatic carbocycles. The van der Waals surface area contributed by atoms with Crippen LogP contribution in [0.1, 0.15) is 150 Å². The van der Waals surface area contributed by atoms with E-state index in [1.807, 2.05) is 53.6 Å². The number of pyridine rings is 1. The number of fused-ring (bicyclic) bond motifs is 2. The molecule has 0 radical (unpaired) electrons. The van der Waals surface area contributed by atoms with Crippen molar-refractivity contribution in [3.8, 4) is 11.1 Å². The fraction of sp³-hybridized carbons (Fsp3) is 0.528. The van der Waals surface area contributed by atoms with Crippen LogP contribution in [0.4, 0.5) is 33.1 Å². The first kappa shape index (κ1) is 68.3. The van der Waals surface area contributed by atoms with Gasteiger partial charge in [-0.25, -0.2) is 14.8 Å². The van der Waals surface area contributed by atoms with E-state index in [9.17, 15) is 33.6 Å². The molecule has 97 heavy (non-hydrogen) atoms. The number of quaternary nitrogens is 1. The molecule has 6 atom stereocenters. The highest BCUT2D eigenvalue weighted by Crippen LogP contribution is 2.75. The van der Waals surface area contributed by atoms with Gasteiger partial charge < -0.3 is 52.2 Å². The lowest BCUT2D eigenvalue weighted by Gasteiger charge is -2.70. The van der Waals surface area contributed by atoms with Gasteiger partial charge in [0.15, 0.2) is 16.8 Å². The van der Waals surface area contributed by atoms with Crippen LogP contribution in [0, 0.1) is 41.4 Å². The van der Waals surface area contributed by atoms with Crippen LogP contribution in [0.15, 0.2) is 79.0 Å². The van der Waals surface area contributed by atoms with E-state index in [2.05, 4.69) is 82.3 Å². The number of likely N-dealkylation sites (tertiary alicyclic amines) is 1. The van der Waals surface area contributed by atoms with Gasteiger partial charge in [-0.3, -0.25) is 38.3 Å². The molecule has 4 saturated carbocycles. The minimum atomic E-state index is -1.00. The summed E-state index contributed by atoms with van der Waals surface area (Å²) in [6, 6.07) is 17.3. The van der Waals surface area contributed by atoms with Crippen molar-refractivity contribution in [2.45, 2.75) is 163 Å². The quantitative estimate of drug-likeness (QED) is 0.0131.